The fourth-order valence-corrected chi connectivity index (χ4v) is 4.43. The zero-order chi connectivity index (χ0) is 27.2. The molecule has 8 nitrogen and oxygen atoms in total. The summed E-state index contributed by atoms with van der Waals surface area (Å²) in [7, 11) is 5.35. The van der Waals surface area contributed by atoms with E-state index in [1.807, 2.05) is 68.7 Å². The van der Waals surface area contributed by atoms with E-state index in [-0.39, 0.29) is 11.8 Å². The van der Waals surface area contributed by atoms with Gasteiger partial charge in [-0.25, -0.2) is 4.79 Å². The maximum Gasteiger partial charge on any atom is 0.337 e. The van der Waals surface area contributed by atoms with Gasteiger partial charge in [-0.1, -0.05) is 36.4 Å². The summed E-state index contributed by atoms with van der Waals surface area (Å²) in [6, 6.07) is 22.2. The van der Waals surface area contributed by atoms with Gasteiger partial charge in [0.25, 0.3) is 5.91 Å². The third-order valence-electron chi connectivity index (χ3n) is 6.31. The van der Waals surface area contributed by atoms with Crippen molar-refractivity contribution in [2.75, 3.05) is 49.8 Å². The van der Waals surface area contributed by atoms with Gasteiger partial charge in [0.2, 0.25) is 5.91 Å². The molecule has 0 saturated carbocycles. The number of carbonyl (C=O) groups excluding carboxylic acids is 3. The van der Waals surface area contributed by atoms with Crippen LogP contribution in [-0.4, -0.2) is 57.0 Å². The summed E-state index contributed by atoms with van der Waals surface area (Å²) in [5.41, 5.74) is 5.12. The summed E-state index contributed by atoms with van der Waals surface area (Å²) in [6.45, 7) is 3.09. The van der Waals surface area contributed by atoms with Crippen LogP contribution in [0.2, 0.25) is 0 Å². The first-order chi connectivity index (χ1) is 18.3. The summed E-state index contributed by atoms with van der Waals surface area (Å²) in [5.74, 6) is -0.752. The smallest absolute Gasteiger partial charge is 0.337 e. The highest BCUT2D eigenvalue weighted by Crippen LogP contribution is 2.38. The van der Waals surface area contributed by atoms with E-state index < -0.39 is 5.97 Å². The first kappa shape index (κ1) is 26.6. The normalized spacial score (nSPS) is 13.6. The quantitative estimate of drug-likeness (QED) is 0.319. The number of ether oxygens (including phenoxy) is 1. The number of amides is 2. The molecule has 0 saturated heterocycles. The summed E-state index contributed by atoms with van der Waals surface area (Å²) in [6.07, 6.45) is 0.864. The maximum atomic E-state index is 13.2. The Balaban J connectivity index is 1.68. The van der Waals surface area contributed by atoms with Crippen LogP contribution in [0.3, 0.4) is 0 Å². The Morgan fingerprint density at radius 1 is 0.921 bits per heavy atom. The number of rotatable bonds is 9. The molecule has 0 unspecified atom stereocenters. The maximum absolute atomic E-state index is 13.2. The minimum Gasteiger partial charge on any atom is -0.465 e. The van der Waals surface area contributed by atoms with Crippen LogP contribution in [0.5, 0.6) is 0 Å². The Hall–Kier alpha value is -4.43. The van der Waals surface area contributed by atoms with Crippen LogP contribution < -0.4 is 15.5 Å². The predicted octanol–water partition coefficient (Wildman–Crippen LogP) is 4.71. The van der Waals surface area contributed by atoms with E-state index in [0.717, 1.165) is 29.9 Å². The second kappa shape index (κ2) is 11.7. The highest BCUT2D eigenvalue weighted by atomic mass is 16.5. The van der Waals surface area contributed by atoms with Gasteiger partial charge in [0, 0.05) is 30.4 Å². The van der Waals surface area contributed by atoms with Crippen molar-refractivity contribution in [1.29, 1.82) is 0 Å². The second-order valence-electron chi connectivity index (χ2n) is 9.32. The van der Waals surface area contributed by atoms with E-state index >= 15 is 0 Å². The number of methoxy groups -OCH3 is 1. The molecule has 0 atom stereocenters. The van der Waals surface area contributed by atoms with Gasteiger partial charge in [-0.05, 0) is 69.0 Å². The molecule has 0 radical (unpaired) electrons. The molecular formula is C30H32N4O4. The number of anilines is 3. The standard InChI is InChI=1S/C30H32N4O4/c1-20(35)34(18-8-17-33(2)3)24-14-12-23(13-15-24)31-28(21-9-6-5-7-10-21)27-25-16-11-22(30(37)38-4)19-26(25)32-29(27)36/h5-7,9-16,19,31H,8,17-18H2,1-4H3,(H,32,36)/b28-27-. The molecule has 3 aromatic rings. The minimum absolute atomic E-state index is 0.0119. The fraction of sp³-hybridized carbons (Fsp3) is 0.233. The van der Waals surface area contributed by atoms with Gasteiger partial charge in [0.1, 0.15) is 0 Å². The molecule has 0 aromatic heterocycles. The SMILES string of the molecule is COC(=O)c1ccc2c(c1)NC(=O)/C2=C(\Nc1ccc(N(CCCN(C)C)C(C)=O)cc1)c1ccccc1. The topological polar surface area (TPSA) is 91.0 Å². The van der Waals surface area contributed by atoms with Crippen LogP contribution in [0.15, 0.2) is 72.8 Å². The van der Waals surface area contributed by atoms with Gasteiger partial charge in [-0.2, -0.15) is 0 Å². The van der Waals surface area contributed by atoms with Gasteiger partial charge < -0.3 is 25.2 Å². The van der Waals surface area contributed by atoms with Gasteiger partial charge in [-0.15, -0.1) is 0 Å². The van der Waals surface area contributed by atoms with Crippen molar-refractivity contribution in [3.63, 3.8) is 0 Å². The molecule has 0 bridgehead atoms. The molecule has 4 rings (SSSR count). The van der Waals surface area contributed by atoms with E-state index in [1.165, 1.54) is 7.11 Å². The zero-order valence-electron chi connectivity index (χ0n) is 22.1. The van der Waals surface area contributed by atoms with Crippen molar-refractivity contribution in [2.24, 2.45) is 0 Å². The molecule has 0 spiro atoms. The largest absolute Gasteiger partial charge is 0.465 e. The second-order valence-corrected chi connectivity index (χ2v) is 9.32. The lowest BCUT2D eigenvalue weighted by molar-refractivity contribution is -0.116. The molecule has 3 aromatic carbocycles. The monoisotopic (exact) mass is 512 g/mol. The molecular weight excluding hydrogens is 480 g/mol. The van der Waals surface area contributed by atoms with Crippen molar-refractivity contribution < 1.29 is 19.1 Å². The van der Waals surface area contributed by atoms with Crippen molar-refractivity contribution in [2.45, 2.75) is 13.3 Å². The third kappa shape index (κ3) is 5.92. The van der Waals surface area contributed by atoms with E-state index in [4.69, 9.17) is 4.74 Å². The van der Waals surface area contributed by atoms with Crippen molar-refractivity contribution >= 4 is 46.1 Å². The summed E-state index contributed by atoms with van der Waals surface area (Å²) in [5, 5.41) is 6.30. The first-order valence-corrected chi connectivity index (χ1v) is 12.4. The number of carbonyl (C=O) groups is 3. The minimum atomic E-state index is -0.470. The lowest BCUT2D eigenvalue weighted by Gasteiger charge is -2.23. The summed E-state index contributed by atoms with van der Waals surface area (Å²) < 4.78 is 4.82. The number of hydrogen-bond acceptors (Lipinski definition) is 6. The molecule has 1 aliphatic rings. The van der Waals surface area contributed by atoms with Gasteiger partial charge in [0.05, 0.1) is 29.6 Å². The van der Waals surface area contributed by atoms with Gasteiger partial charge in [-0.3, -0.25) is 9.59 Å². The number of fused-ring (bicyclic) bond motifs is 1. The molecule has 1 heterocycles. The molecule has 2 N–H and O–H groups in total. The summed E-state index contributed by atoms with van der Waals surface area (Å²) >= 11 is 0. The third-order valence-corrected chi connectivity index (χ3v) is 6.31. The Morgan fingerprint density at radius 3 is 2.26 bits per heavy atom. The van der Waals surface area contributed by atoms with Crippen LogP contribution in [0.25, 0.3) is 11.3 Å². The Labute approximate surface area is 222 Å². The number of nitrogens with zero attached hydrogens (tertiary/aromatic N) is 2. The molecule has 2 amide bonds. The van der Waals surface area contributed by atoms with Gasteiger partial charge in [0.15, 0.2) is 0 Å². The van der Waals surface area contributed by atoms with E-state index in [2.05, 4.69) is 15.5 Å². The van der Waals surface area contributed by atoms with Crippen LogP contribution in [-0.2, 0) is 14.3 Å². The van der Waals surface area contributed by atoms with Gasteiger partial charge >= 0.3 is 5.97 Å². The average molecular weight is 513 g/mol. The number of nitrogens with one attached hydrogen (secondary N) is 2. The molecule has 196 valence electrons. The fourth-order valence-electron chi connectivity index (χ4n) is 4.43. The Bertz CT molecular complexity index is 1360. The molecule has 38 heavy (non-hydrogen) atoms. The van der Waals surface area contributed by atoms with Crippen molar-refractivity contribution in [3.05, 3.63) is 89.5 Å². The number of hydrogen-bond donors (Lipinski definition) is 2. The molecule has 0 aliphatic carbocycles. The van der Waals surface area contributed by atoms with Crippen LogP contribution >= 0.6 is 0 Å². The van der Waals surface area contributed by atoms with Crippen molar-refractivity contribution in [3.8, 4) is 0 Å². The first-order valence-electron chi connectivity index (χ1n) is 12.4. The number of esters is 1. The Kier molecular flexibility index (Phi) is 8.23. The highest BCUT2D eigenvalue weighted by Gasteiger charge is 2.29. The van der Waals surface area contributed by atoms with Crippen LogP contribution in [0, 0.1) is 0 Å². The predicted molar refractivity (Wildman–Crippen MR) is 151 cm³/mol. The van der Waals surface area contributed by atoms with E-state index in [1.54, 1.807) is 30.0 Å². The molecule has 0 fully saturated rings. The average Bonchev–Trinajstić information content (AvgIpc) is 3.24. The van der Waals surface area contributed by atoms with E-state index in [0.29, 0.717) is 34.6 Å². The summed E-state index contributed by atoms with van der Waals surface area (Å²) in [4.78, 5) is 41.3. The molecule has 1 aliphatic heterocycles. The van der Waals surface area contributed by atoms with Crippen LogP contribution in [0.4, 0.5) is 17.1 Å². The molecule has 8 heteroatoms. The van der Waals surface area contributed by atoms with Crippen LogP contribution in [0.1, 0.15) is 34.8 Å². The lowest BCUT2D eigenvalue weighted by atomic mass is 9.99. The lowest BCUT2D eigenvalue weighted by Crippen LogP contribution is -2.31. The van der Waals surface area contributed by atoms with E-state index in [9.17, 15) is 14.4 Å². The highest BCUT2D eigenvalue weighted by molar-refractivity contribution is 6.37. The van der Waals surface area contributed by atoms with Crippen molar-refractivity contribution in [1.82, 2.24) is 4.90 Å². The Morgan fingerprint density at radius 2 is 1.63 bits per heavy atom. The zero-order valence-corrected chi connectivity index (χ0v) is 22.1. The number of benzene rings is 3.